The Balaban J connectivity index is 1.77. The van der Waals surface area contributed by atoms with Crippen LogP contribution in [0.15, 0.2) is 18.2 Å². The van der Waals surface area contributed by atoms with Crippen LogP contribution >= 0.6 is 0 Å². The number of rotatable bonds is 3. The summed E-state index contributed by atoms with van der Waals surface area (Å²) < 4.78 is 5.05. The van der Waals surface area contributed by atoms with Crippen LogP contribution in [0.5, 0.6) is 0 Å². The summed E-state index contributed by atoms with van der Waals surface area (Å²) in [5.74, 6) is -0.274. The Kier molecular flexibility index (Phi) is 3.32. The average Bonchev–Trinajstić information content (AvgIpc) is 3.20. The second kappa shape index (κ2) is 5.00. The Morgan fingerprint density at radius 3 is 2.60 bits per heavy atom. The Morgan fingerprint density at radius 2 is 2.00 bits per heavy atom. The van der Waals surface area contributed by atoms with Gasteiger partial charge in [0.05, 0.1) is 23.5 Å². The molecule has 2 N–H and O–H groups in total. The van der Waals surface area contributed by atoms with Crippen molar-refractivity contribution < 1.29 is 9.53 Å². The van der Waals surface area contributed by atoms with E-state index in [1.165, 1.54) is 25.7 Å². The Bertz CT molecular complexity index is 513. The van der Waals surface area contributed by atoms with Gasteiger partial charge in [-0.05, 0) is 56.2 Å². The van der Waals surface area contributed by atoms with Crippen LogP contribution in [0.4, 0.5) is 11.4 Å². The fourth-order valence-corrected chi connectivity index (χ4v) is 3.06. The van der Waals surface area contributed by atoms with Crippen molar-refractivity contribution in [3.8, 4) is 0 Å². The zero-order chi connectivity index (χ0) is 14.2. The molecule has 4 heteroatoms. The van der Waals surface area contributed by atoms with Crippen LogP contribution in [0.3, 0.4) is 0 Å². The highest BCUT2D eigenvalue weighted by molar-refractivity contribution is 5.92. The first-order valence-electron chi connectivity index (χ1n) is 7.45. The number of carbonyl (C=O) groups is 1. The predicted octanol–water partition coefficient (Wildman–Crippen LogP) is 2.83. The van der Waals surface area contributed by atoms with E-state index in [0.29, 0.717) is 17.6 Å². The Labute approximate surface area is 119 Å². The van der Waals surface area contributed by atoms with Crippen molar-refractivity contribution in [1.82, 2.24) is 0 Å². The van der Waals surface area contributed by atoms with E-state index in [-0.39, 0.29) is 5.97 Å². The summed E-state index contributed by atoms with van der Waals surface area (Å²) in [6.07, 6.45) is 5.27. The van der Waals surface area contributed by atoms with Crippen LogP contribution in [-0.4, -0.2) is 25.7 Å². The zero-order valence-corrected chi connectivity index (χ0v) is 12.0. The first-order valence-corrected chi connectivity index (χ1v) is 7.45. The number of esters is 1. The number of hydrogen-bond donors (Lipinski definition) is 1. The molecule has 20 heavy (non-hydrogen) atoms. The van der Waals surface area contributed by atoms with Gasteiger partial charge in [-0.15, -0.1) is 0 Å². The van der Waals surface area contributed by atoms with Crippen molar-refractivity contribution in [3.05, 3.63) is 23.8 Å². The van der Waals surface area contributed by atoms with Gasteiger partial charge in [0.25, 0.3) is 0 Å². The number of nitrogens with two attached hydrogens (primary N) is 1. The molecule has 0 unspecified atom stereocenters. The molecular formula is C16H22N2O2. The summed E-state index contributed by atoms with van der Waals surface area (Å²) in [5, 5.41) is 0. The number of piperidine rings is 1. The lowest BCUT2D eigenvalue weighted by Gasteiger charge is -2.34. The molecule has 0 amide bonds. The molecule has 1 spiro atoms. The second-order valence-electron chi connectivity index (χ2n) is 5.98. The minimum atomic E-state index is -0.274. The molecule has 1 aromatic rings. The first kappa shape index (κ1) is 13.3. The smallest absolute Gasteiger partial charge is 0.338 e. The fourth-order valence-electron chi connectivity index (χ4n) is 3.06. The van der Waals surface area contributed by atoms with Crippen LogP contribution in [0.1, 0.15) is 43.0 Å². The molecule has 1 heterocycles. The number of nitrogens with zero attached hydrogens (tertiary/aromatic N) is 1. The summed E-state index contributed by atoms with van der Waals surface area (Å²) in [5.41, 5.74) is 9.03. The molecule has 0 atom stereocenters. The van der Waals surface area contributed by atoms with Crippen molar-refractivity contribution in [2.45, 2.75) is 32.6 Å². The van der Waals surface area contributed by atoms with E-state index in [9.17, 15) is 4.79 Å². The highest BCUT2D eigenvalue weighted by Gasteiger charge is 2.44. The lowest BCUT2D eigenvalue weighted by atomic mass is 9.93. The number of carbonyl (C=O) groups excluding carboxylic acids is 1. The summed E-state index contributed by atoms with van der Waals surface area (Å²) in [7, 11) is 0. The third-order valence-corrected chi connectivity index (χ3v) is 4.66. The van der Waals surface area contributed by atoms with Crippen molar-refractivity contribution in [2.75, 3.05) is 30.3 Å². The van der Waals surface area contributed by atoms with Gasteiger partial charge < -0.3 is 15.4 Å². The van der Waals surface area contributed by atoms with Gasteiger partial charge in [0.1, 0.15) is 0 Å². The topological polar surface area (TPSA) is 55.6 Å². The maximum Gasteiger partial charge on any atom is 0.338 e. The lowest BCUT2D eigenvalue weighted by Crippen LogP contribution is -2.35. The number of ether oxygens (including phenoxy) is 1. The van der Waals surface area contributed by atoms with Crippen LogP contribution in [0.2, 0.25) is 0 Å². The Morgan fingerprint density at radius 1 is 1.30 bits per heavy atom. The van der Waals surface area contributed by atoms with Gasteiger partial charge in [-0.1, -0.05) is 0 Å². The van der Waals surface area contributed by atoms with Gasteiger partial charge in [-0.2, -0.15) is 0 Å². The van der Waals surface area contributed by atoms with E-state index in [1.807, 2.05) is 19.1 Å². The number of hydrogen-bond acceptors (Lipinski definition) is 4. The molecule has 1 saturated carbocycles. The van der Waals surface area contributed by atoms with E-state index in [0.717, 1.165) is 24.5 Å². The van der Waals surface area contributed by atoms with Crippen LogP contribution in [0, 0.1) is 5.41 Å². The largest absolute Gasteiger partial charge is 0.462 e. The average molecular weight is 274 g/mol. The second-order valence-corrected chi connectivity index (χ2v) is 5.98. The van der Waals surface area contributed by atoms with Crippen LogP contribution in [0.25, 0.3) is 0 Å². The molecule has 1 saturated heterocycles. The molecule has 3 rings (SSSR count). The normalized spacial score (nSPS) is 19.9. The maximum absolute atomic E-state index is 11.8. The van der Waals surface area contributed by atoms with Gasteiger partial charge >= 0.3 is 5.97 Å². The summed E-state index contributed by atoms with van der Waals surface area (Å²) in [6.45, 7) is 4.29. The number of benzene rings is 1. The molecule has 0 bridgehead atoms. The maximum atomic E-state index is 11.8. The molecule has 0 radical (unpaired) electrons. The Hall–Kier alpha value is -1.71. The standard InChI is InChI=1S/C16H22N2O2/c1-2-20-15(19)12-3-4-13(17)14(11-12)18-9-7-16(5-6-16)8-10-18/h3-4,11H,2,5-10,17H2,1H3. The summed E-state index contributed by atoms with van der Waals surface area (Å²) in [6, 6.07) is 5.42. The minimum Gasteiger partial charge on any atom is -0.462 e. The van der Waals surface area contributed by atoms with E-state index >= 15 is 0 Å². The van der Waals surface area contributed by atoms with Crippen molar-refractivity contribution >= 4 is 17.3 Å². The van der Waals surface area contributed by atoms with Crippen LogP contribution in [-0.2, 0) is 4.74 Å². The number of anilines is 2. The highest BCUT2D eigenvalue weighted by atomic mass is 16.5. The van der Waals surface area contributed by atoms with Gasteiger partial charge in [-0.3, -0.25) is 0 Å². The predicted molar refractivity (Wildman–Crippen MR) is 79.9 cm³/mol. The van der Waals surface area contributed by atoms with E-state index in [4.69, 9.17) is 10.5 Å². The van der Waals surface area contributed by atoms with E-state index in [1.54, 1.807) is 6.07 Å². The summed E-state index contributed by atoms with van der Waals surface area (Å²) >= 11 is 0. The van der Waals surface area contributed by atoms with Gasteiger partial charge in [0.2, 0.25) is 0 Å². The minimum absolute atomic E-state index is 0.274. The SMILES string of the molecule is CCOC(=O)c1ccc(N)c(N2CCC3(CC2)CC3)c1. The number of nitrogen functional groups attached to an aromatic ring is 1. The third-order valence-electron chi connectivity index (χ3n) is 4.66. The molecule has 1 aromatic carbocycles. The molecule has 1 aliphatic carbocycles. The molecule has 2 aliphatic rings. The van der Waals surface area contributed by atoms with Crippen molar-refractivity contribution in [3.63, 3.8) is 0 Å². The molecule has 0 aromatic heterocycles. The molecule has 2 fully saturated rings. The van der Waals surface area contributed by atoms with Gasteiger partial charge in [0, 0.05) is 13.1 Å². The van der Waals surface area contributed by atoms with Crippen LogP contribution < -0.4 is 10.6 Å². The van der Waals surface area contributed by atoms with Gasteiger partial charge in [0.15, 0.2) is 0 Å². The highest BCUT2D eigenvalue weighted by Crippen LogP contribution is 2.54. The quantitative estimate of drug-likeness (QED) is 0.680. The van der Waals surface area contributed by atoms with E-state index < -0.39 is 0 Å². The summed E-state index contributed by atoms with van der Waals surface area (Å²) in [4.78, 5) is 14.1. The van der Waals surface area contributed by atoms with Crippen molar-refractivity contribution in [1.29, 1.82) is 0 Å². The zero-order valence-electron chi connectivity index (χ0n) is 12.0. The fraction of sp³-hybridized carbons (Fsp3) is 0.562. The third kappa shape index (κ3) is 2.47. The first-order chi connectivity index (χ1) is 9.63. The molecular weight excluding hydrogens is 252 g/mol. The van der Waals surface area contributed by atoms with Crippen molar-refractivity contribution in [2.24, 2.45) is 5.41 Å². The molecule has 108 valence electrons. The molecule has 4 nitrogen and oxygen atoms in total. The van der Waals surface area contributed by atoms with Gasteiger partial charge in [-0.25, -0.2) is 4.79 Å². The van der Waals surface area contributed by atoms with E-state index in [2.05, 4.69) is 4.90 Å². The molecule has 1 aliphatic heterocycles. The monoisotopic (exact) mass is 274 g/mol. The lowest BCUT2D eigenvalue weighted by molar-refractivity contribution is 0.0526.